The molecule has 2 aromatic rings. The zero-order valence-electron chi connectivity index (χ0n) is 11.4. The molecule has 0 aliphatic heterocycles. The predicted octanol–water partition coefficient (Wildman–Crippen LogP) is 3.43. The molecule has 0 atom stereocenters. The monoisotopic (exact) mass is 370 g/mol. The fourth-order valence-corrected chi connectivity index (χ4v) is 3.38. The number of nitrogens with zero attached hydrogens (tertiary/aromatic N) is 1. The zero-order valence-corrected chi connectivity index (χ0v) is 13.8. The highest BCUT2D eigenvalue weighted by atomic mass is 79.9. The first kappa shape index (κ1) is 15.8. The molecule has 0 bridgehead atoms. The topological polar surface area (TPSA) is 68.3 Å². The third-order valence-corrected chi connectivity index (χ3v) is 4.47. The summed E-state index contributed by atoms with van der Waals surface area (Å²) in [4.78, 5) is 3.98. The van der Waals surface area contributed by atoms with E-state index in [4.69, 9.17) is 4.74 Å². The average Bonchev–Trinajstić information content (AvgIpc) is 2.46. The van der Waals surface area contributed by atoms with Crippen molar-refractivity contribution in [2.75, 3.05) is 11.3 Å². The van der Waals surface area contributed by atoms with Gasteiger partial charge in [0.1, 0.15) is 10.6 Å². The molecule has 0 amide bonds. The third-order valence-electron chi connectivity index (χ3n) is 2.57. The Morgan fingerprint density at radius 2 is 2.14 bits per heavy atom. The second-order valence-electron chi connectivity index (χ2n) is 4.29. The Bertz CT molecular complexity index is 705. The van der Waals surface area contributed by atoms with Crippen LogP contribution >= 0.6 is 15.9 Å². The number of aromatic nitrogens is 1. The highest BCUT2D eigenvalue weighted by molar-refractivity contribution is 9.10. The van der Waals surface area contributed by atoms with Gasteiger partial charge in [-0.1, -0.05) is 22.9 Å². The number of hydrogen-bond acceptors (Lipinski definition) is 4. The molecule has 5 nitrogen and oxygen atoms in total. The number of hydrogen-bond donors (Lipinski definition) is 1. The molecule has 0 aliphatic carbocycles. The van der Waals surface area contributed by atoms with Crippen LogP contribution in [-0.2, 0) is 10.0 Å². The van der Waals surface area contributed by atoms with E-state index in [0.29, 0.717) is 22.5 Å². The van der Waals surface area contributed by atoms with E-state index < -0.39 is 10.0 Å². The van der Waals surface area contributed by atoms with E-state index in [-0.39, 0.29) is 4.90 Å². The maximum absolute atomic E-state index is 12.5. The van der Waals surface area contributed by atoms with Crippen molar-refractivity contribution in [2.24, 2.45) is 0 Å². The second-order valence-corrected chi connectivity index (χ2v) is 6.85. The van der Waals surface area contributed by atoms with Crippen LogP contribution in [0.3, 0.4) is 0 Å². The standard InChI is InChI=1S/C14H15BrN2O3S/c1-2-8-20-13-6-5-11(15)9-14(13)21(18,19)17-12-4-3-7-16-10-12/h3-7,9-10,17H,2,8H2,1H3. The lowest BCUT2D eigenvalue weighted by atomic mass is 10.3. The first-order chi connectivity index (χ1) is 10.0. The molecule has 21 heavy (non-hydrogen) atoms. The van der Waals surface area contributed by atoms with Gasteiger partial charge in [0, 0.05) is 10.7 Å². The maximum atomic E-state index is 12.5. The van der Waals surface area contributed by atoms with Gasteiger partial charge in [0.2, 0.25) is 0 Å². The molecule has 0 spiro atoms. The van der Waals surface area contributed by atoms with Crippen molar-refractivity contribution < 1.29 is 13.2 Å². The molecule has 7 heteroatoms. The van der Waals surface area contributed by atoms with Crippen molar-refractivity contribution in [3.63, 3.8) is 0 Å². The first-order valence-electron chi connectivity index (χ1n) is 6.38. The lowest BCUT2D eigenvalue weighted by molar-refractivity contribution is 0.309. The second kappa shape index (κ2) is 6.91. The van der Waals surface area contributed by atoms with E-state index >= 15 is 0 Å². The number of halogens is 1. The summed E-state index contributed by atoms with van der Waals surface area (Å²) in [5.41, 5.74) is 0.402. The number of pyridine rings is 1. The van der Waals surface area contributed by atoms with Gasteiger partial charge in [-0.2, -0.15) is 0 Å². The minimum atomic E-state index is -3.74. The molecule has 1 N–H and O–H groups in total. The summed E-state index contributed by atoms with van der Waals surface area (Å²) >= 11 is 3.28. The summed E-state index contributed by atoms with van der Waals surface area (Å²) in [7, 11) is -3.74. The van der Waals surface area contributed by atoms with Crippen molar-refractivity contribution in [3.8, 4) is 5.75 Å². The van der Waals surface area contributed by atoms with Gasteiger partial charge in [-0.25, -0.2) is 8.42 Å². The summed E-state index contributed by atoms with van der Waals surface area (Å²) < 4.78 is 33.7. The van der Waals surface area contributed by atoms with Crippen LogP contribution in [0.1, 0.15) is 13.3 Å². The summed E-state index contributed by atoms with van der Waals surface area (Å²) in [6.45, 7) is 2.41. The Morgan fingerprint density at radius 3 is 2.81 bits per heavy atom. The molecule has 0 fully saturated rings. The maximum Gasteiger partial charge on any atom is 0.265 e. The van der Waals surface area contributed by atoms with Crippen LogP contribution in [0.5, 0.6) is 5.75 Å². The average molecular weight is 371 g/mol. The van der Waals surface area contributed by atoms with Gasteiger partial charge in [-0.05, 0) is 36.8 Å². The molecule has 0 saturated heterocycles. The SMILES string of the molecule is CCCOc1ccc(Br)cc1S(=O)(=O)Nc1cccnc1. The normalized spacial score (nSPS) is 11.1. The fourth-order valence-electron chi connectivity index (χ4n) is 1.66. The van der Waals surface area contributed by atoms with E-state index in [2.05, 4.69) is 25.6 Å². The van der Waals surface area contributed by atoms with E-state index in [1.165, 1.54) is 12.3 Å². The van der Waals surface area contributed by atoms with Crippen LogP contribution in [0.15, 0.2) is 52.1 Å². The number of ether oxygens (including phenoxy) is 1. The van der Waals surface area contributed by atoms with Crippen LogP contribution in [0.25, 0.3) is 0 Å². The van der Waals surface area contributed by atoms with Gasteiger partial charge < -0.3 is 4.74 Å². The van der Waals surface area contributed by atoms with Gasteiger partial charge in [0.25, 0.3) is 10.0 Å². The third kappa shape index (κ3) is 4.18. The van der Waals surface area contributed by atoms with Crippen molar-refractivity contribution in [3.05, 3.63) is 47.2 Å². The summed E-state index contributed by atoms with van der Waals surface area (Å²) in [5.74, 6) is 0.330. The van der Waals surface area contributed by atoms with E-state index in [0.717, 1.165) is 6.42 Å². The number of nitrogens with one attached hydrogen (secondary N) is 1. The van der Waals surface area contributed by atoms with Gasteiger partial charge in [-0.15, -0.1) is 0 Å². The molecule has 112 valence electrons. The molecule has 0 unspecified atom stereocenters. The Kier molecular flexibility index (Phi) is 5.19. The summed E-state index contributed by atoms with van der Waals surface area (Å²) in [6.07, 6.45) is 3.82. The molecular weight excluding hydrogens is 356 g/mol. The zero-order chi connectivity index (χ0) is 15.3. The predicted molar refractivity (Wildman–Crippen MR) is 85.0 cm³/mol. The quantitative estimate of drug-likeness (QED) is 0.845. The Balaban J connectivity index is 2.36. The van der Waals surface area contributed by atoms with Crippen molar-refractivity contribution in [1.82, 2.24) is 4.98 Å². The Morgan fingerprint density at radius 1 is 1.33 bits per heavy atom. The highest BCUT2D eigenvalue weighted by Crippen LogP contribution is 2.29. The van der Waals surface area contributed by atoms with Crippen molar-refractivity contribution >= 4 is 31.6 Å². The number of rotatable bonds is 6. The fraction of sp³-hybridized carbons (Fsp3) is 0.214. The first-order valence-corrected chi connectivity index (χ1v) is 8.66. The van der Waals surface area contributed by atoms with E-state index in [9.17, 15) is 8.42 Å². The molecule has 1 heterocycles. The lowest BCUT2D eigenvalue weighted by Gasteiger charge is -2.13. The molecule has 2 rings (SSSR count). The van der Waals surface area contributed by atoms with Gasteiger partial charge in [0.05, 0.1) is 18.5 Å². The summed E-state index contributed by atoms with van der Waals surface area (Å²) in [5, 5.41) is 0. The molecule has 0 saturated carbocycles. The van der Waals surface area contributed by atoms with E-state index in [1.807, 2.05) is 6.92 Å². The van der Waals surface area contributed by atoms with E-state index in [1.54, 1.807) is 30.5 Å². The lowest BCUT2D eigenvalue weighted by Crippen LogP contribution is -2.15. The summed E-state index contributed by atoms with van der Waals surface area (Å²) in [6, 6.07) is 8.19. The highest BCUT2D eigenvalue weighted by Gasteiger charge is 2.20. The number of benzene rings is 1. The molecular formula is C14H15BrN2O3S. The molecule has 0 aliphatic rings. The number of sulfonamides is 1. The smallest absolute Gasteiger partial charge is 0.265 e. The molecule has 0 radical (unpaired) electrons. The minimum Gasteiger partial charge on any atom is -0.492 e. The van der Waals surface area contributed by atoms with Crippen LogP contribution in [-0.4, -0.2) is 20.0 Å². The number of anilines is 1. The largest absolute Gasteiger partial charge is 0.492 e. The van der Waals surface area contributed by atoms with Gasteiger partial charge >= 0.3 is 0 Å². The van der Waals surface area contributed by atoms with Gasteiger partial charge in [0.15, 0.2) is 0 Å². The minimum absolute atomic E-state index is 0.0918. The van der Waals surface area contributed by atoms with Crippen LogP contribution in [0.4, 0.5) is 5.69 Å². The van der Waals surface area contributed by atoms with Crippen LogP contribution in [0, 0.1) is 0 Å². The van der Waals surface area contributed by atoms with Crippen LogP contribution in [0.2, 0.25) is 0 Å². The van der Waals surface area contributed by atoms with Crippen LogP contribution < -0.4 is 9.46 Å². The molecule has 1 aromatic carbocycles. The molecule has 1 aromatic heterocycles. The van der Waals surface area contributed by atoms with Crippen molar-refractivity contribution in [2.45, 2.75) is 18.2 Å². The van der Waals surface area contributed by atoms with Gasteiger partial charge in [-0.3, -0.25) is 9.71 Å². The Labute approximate surface area is 132 Å². The Hall–Kier alpha value is -1.60. The van der Waals surface area contributed by atoms with Crippen molar-refractivity contribution in [1.29, 1.82) is 0 Å².